The first-order chi connectivity index (χ1) is 7.20. The molecule has 0 aromatic rings. The van der Waals surface area contributed by atoms with Crippen LogP contribution in [0.25, 0.3) is 0 Å². The Morgan fingerprint density at radius 2 is 2.40 bits per heavy atom. The van der Waals surface area contributed by atoms with E-state index in [0.717, 1.165) is 18.8 Å². The van der Waals surface area contributed by atoms with Gasteiger partial charge >= 0.3 is 0 Å². The van der Waals surface area contributed by atoms with Crippen molar-refractivity contribution in [3.8, 4) is 0 Å². The number of carbonyl (C=O) groups excluding carboxylic acids is 1. The number of amides is 1. The van der Waals surface area contributed by atoms with Crippen LogP contribution in [-0.4, -0.2) is 40.6 Å². The number of rotatable bonds is 5. The zero-order valence-electron chi connectivity index (χ0n) is 9.58. The number of hydrogen-bond acceptors (Lipinski definition) is 3. The molecule has 0 saturated carbocycles. The molecule has 1 N–H and O–H groups in total. The number of β-lactam (4-membered cyclic amide) rings is 1. The minimum atomic E-state index is -0.269. The number of nitrogens with one attached hydrogen (secondary N) is 1. The third-order valence-corrected chi connectivity index (χ3v) is 4.82. The lowest BCUT2D eigenvalue weighted by molar-refractivity contribution is -0.153. The third-order valence-electron chi connectivity index (χ3n) is 3.36. The van der Waals surface area contributed by atoms with Gasteiger partial charge in [-0.1, -0.05) is 19.8 Å². The second-order valence-corrected chi connectivity index (χ2v) is 5.75. The summed E-state index contributed by atoms with van der Waals surface area (Å²) in [5, 5.41) is 3.83. The van der Waals surface area contributed by atoms with E-state index in [1.54, 1.807) is 0 Å². The summed E-state index contributed by atoms with van der Waals surface area (Å²) in [5.41, 5.74) is -0.269. The van der Waals surface area contributed by atoms with Crippen molar-refractivity contribution >= 4 is 17.7 Å². The highest BCUT2D eigenvalue weighted by atomic mass is 32.2. The standard InChI is InChI=1S/C11H20N2OS/c1-3-4-5-6-12-11(2)9(14)13-7-8-15-10(11)13/h10,12H,3-8H2,1-2H3/t10-,11-/m1/s1. The van der Waals surface area contributed by atoms with Crippen LogP contribution in [0.15, 0.2) is 0 Å². The molecular weight excluding hydrogens is 208 g/mol. The predicted molar refractivity (Wildman–Crippen MR) is 63.9 cm³/mol. The summed E-state index contributed by atoms with van der Waals surface area (Å²) in [5.74, 6) is 1.40. The van der Waals surface area contributed by atoms with Crippen molar-refractivity contribution in [2.75, 3.05) is 18.8 Å². The molecule has 0 spiro atoms. The van der Waals surface area contributed by atoms with Gasteiger partial charge in [-0.15, -0.1) is 11.8 Å². The molecule has 2 aliphatic heterocycles. The average Bonchev–Trinajstić information content (AvgIpc) is 2.70. The fourth-order valence-electron chi connectivity index (χ4n) is 2.38. The minimum absolute atomic E-state index is 0.269. The molecule has 2 atom stereocenters. The Labute approximate surface area is 96.0 Å². The zero-order chi connectivity index (χ0) is 10.9. The first kappa shape index (κ1) is 11.3. The van der Waals surface area contributed by atoms with Gasteiger partial charge in [-0.25, -0.2) is 0 Å². The van der Waals surface area contributed by atoms with Crippen molar-refractivity contribution in [1.29, 1.82) is 0 Å². The van der Waals surface area contributed by atoms with Gasteiger partial charge in [0.2, 0.25) is 5.91 Å². The summed E-state index contributed by atoms with van der Waals surface area (Å²) in [6, 6.07) is 0. The quantitative estimate of drug-likeness (QED) is 0.571. The van der Waals surface area contributed by atoms with Crippen LogP contribution in [0.4, 0.5) is 0 Å². The Kier molecular flexibility index (Phi) is 3.26. The summed E-state index contributed by atoms with van der Waals surface area (Å²) in [7, 11) is 0. The number of carbonyl (C=O) groups is 1. The van der Waals surface area contributed by atoms with Crippen LogP contribution in [0.1, 0.15) is 33.1 Å². The average molecular weight is 228 g/mol. The first-order valence-corrected chi connectivity index (χ1v) is 6.92. The van der Waals surface area contributed by atoms with E-state index in [1.165, 1.54) is 19.3 Å². The number of nitrogens with zero attached hydrogens (tertiary/aromatic N) is 1. The molecule has 2 aliphatic rings. The summed E-state index contributed by atoms with van der Waals surface area (Å²) >= 11 is 1.91. The molecule has 0 radical (unpaired) electrons. The van der Waals surface area contributed by atoms with Gasteiger partial charge in [0.05, 0.1) is 0 Å². The second-order valence-electron chi connectivity index (χ2n) is 4.56. The van der Waals surface area contributed by atoms with E-state index in [2.05, 4.69) is 19.2 Å². The Bertz CT molecular complexity index is 259. The van der Waals surface area contributed by atoms with Crippen LogP contribution in [-0.2, 0) is 4.79 Å². The summed E-state index contributed by atoms with van der Waals surface area (Å²) in [6.45, 7) is 6.17. The Hall–Kier alpha value is -0.220. The third kappa shape index (κ3) is 1.78. The van der Waals surface area contributed by atoms with E-state index >= 15 is 0 Å². The minimum Gasteiger partial charge on any atom is -0.326 e. The zero-order valence-corrected chi connectivity index (χ0v) is 10.4. The lowest BCUT2D eigenvalue weighted by atomic mass is 9.90. The molecule has 2 saturated heterocycles. The molecule has 1 amide bonds. The maximum atomic E-state index is 11.9. The smallest absolute Gasteiger partial charge is 0.246 e. The number of thioether (sulfide) groups is 1. The molecule has 86 valence electrons. The van der Waals surface area contributed by atoms with Crippen molar-refractivity contribution in [2.45, 2.75) is 44.0 Å². The van der Waals surface area contributed by atoms with Crippen LogP contribution in [0.2, 0.25) is 0 Å². The maximum absolute atomic E-state index is 11.9. The van der Waals surface area contributed by atoms with Gasteiger partial charge in [-0.2, -0.15) is 0 Å². The highest BCUT2D eigenvalue weighted by molar-refractivity contribution is 8.00. The fraction of sp³-hybridized carbons (Fsp3) is 0.909. The predicted octanol–water partition coefficient (Wildman–Crippen LogP) is 1.44. The van der Waals surface area contributed by atoms with E-state index < -0.39 is 0 Å². The lowest BCUT2D eigenvalue weighted by Crippen LogP contribution is -2.75. The number of fused-ring (bicyclic) bond motifs is 1. The summed E-state index contributed by atoms with van der Waals surface area (Å²) in [4.78, 5) is 13.9. The van der Waals surface area contributed by atoms with Gasteiger partial charge in [0.25, 0.3) is 0 Å². The van der Waals surface area contributed by atoms with Crippen LogP contribution in [0.5, 0.6) is 0 Å². The van der Waals surface area contributed by atoms with E-state index in [0.29, 0.717) is 11.3 Å². The number of hydrogen-bond donors (Lipinski definition) is 1. The van der Waals surface area contributed by atoms with Gasteiger partial charge in [0.1, 0.15) is 10.9 Å². The lowest BCUT2D eigenvalue weighted by Gasteiger charge is -2.50. The molecule has 0 aromatic carbocycles. The molecule has 15 heavy (non-hydrogen) atoms. The van der Waals surface area contributed by atoms with E-state index in [-0.39, 0.29) is 5.54 Å². The molecule has 4 heteroatoms. The van der Waals surface area contributed by atoms with Crippen molar-refractivity contribution < 1.29 is 4.79 Å². The molecule has 2 rings (SSSR count). The molecule has 0 unspecified atom stereocenters. The Morgan fingerprint density at radius 1 is 1.60 bits per heavy atom. The van der Waals surface area contributed by atoms with Crippen LogP contribution in [0, 0.1) is 0 Å². The van der Waals surface area contributed by atoms with Crippen molar-refractivity contribution in [2.24, 2.45) is 0 Å². The van der Waals surface area contributed by atoms with Gasteiger partial charge in [-0.05, 0) is 19.9 Å². The van der Waals surface area contributed by atoms with Gasteiger partial charge in [0, 0.05) is 12.3 Å². The monoisotopic (exact) mass is 228 g/mol. The van der Waals surface area contributed by atoms with E-state index in [9.17, 15) is 4.79 Å². The Balaban J connectivity index is 1.82. The molecule has 3 nitrogen and oxygen atoms in total. The second kappa shape index (κ2) is 4.34. The van der Waals surface area contributed by atoms with Gasteiger partial charge < -0.3 is 10.2 Å². The van der Waals surface area contributed by atoms with Crippen LogP contribution < -0.4 is 5.32 Å². The molecular formula is C11H20N2OS. The first-order valence-electron chi connectivity index (χ1n) is 5.88. The normalized spacial score (nSPS) is 34.1. The van der Waals surface area contributed by atoms with Crippen molar-refractivity contribution in [1.82, 2.24) is 10.2 Å². The summed E-state index contributed by atoms with van der Waals surface area (Å²) in [6.07, 6.45) is 3.66. The Morgan fingerprint density at radius 3 is 3.13 bits per heavy atom. The maximum Gasteiger partial charge on any atom is 0.246 e. The number of unbranched alkanes of at least 4 members (excludes halogenated alkanes) is 2. The molecule has 0 aliphatic carbocycles. The molecule has 0 bridgehead atoms. The fourth-order valence-corrected chi connectivity index (χ4v) is 3.80. The van der Waals surface area contributed by atoms with Gasteiger partial charge in [-0.3, -0.25) is 4.79 Å². The van der Waals surface area contributed by atoms with Crippen LogP contribution in [0.3, 0.4) is 0 Å². The topological polar surface area (TPSA) is 32.3 Å². The van der Waals surface area contributed by atoms with Crippen molar-refractivity contribution in [3.05, 3.63) is 0 Å². The van der Waals surface area contributed by atoms with Gasteiger partial charge in [0.15, 0.2) is 0 Å². The largest absolute Gasteiger partial charge is 0.326 e. The van der Waals surface area contributed by atoms with E-state index in [1.807, 2.05) is 16.7 Å². The molecule has 0 aromatic heterocycles. The summed E-state index contributed by atoms with van der Waals surface area (Å²) < 4.78 is 0. The van der Waals surface area contributed by atoms with Crippen LogP contribution >= 0.6 is 11.8 Å². The van der Waals surface area contributed by atoms with E-state index in [4.69, 9.17) is 0 Å². The highest BCUT2D eigenvalue weighted by Gasteiger charge is 2.59. The SMILES string of the molecule is CCCCCN[C@]1(C)C(=O)N2CCS[C@@H]21. The molecule has 2 heterocycles. The highest BCUT2D eigenvalue weighted by Crippen LogP contribution is 2.42. The molecule has 2 fully saturated rings. The van der Waals surface area contributed by atoms with Crippen molar-refractivity contribution in [3.63, 3.8) is 0 Å².